The Kier molecular flexibility index (Phi) is 5.43. The van der Waals surface area contributed by atoms with E-state index in [4.69, 9.17) is 11.6 Å². The zero-order valence-electron chi connectivity index (χ0n) is 16.1. The predicted octanol–water partition coefficient (Wildman–Crippen LogP) is 2.82. The third-order valence-corrected chi connectivity index (χ3v) is 5.63. The van der Waals surface area contributed by atoms with E-state index in [2.05, 4.69) is 9.88 Å². The van der Waals surface area contributed by atoms with Gasteiger partial charge in [0.05, 0.1) is 16.6 Å². The van der Waals surface area contributed by atoms with E-state index in [0.717, 1.165) is 18.7 Å². The van der Waals surface area contributed by atoms with E-state index in [9.17, 15) is 14.0 Å². The summed E-state index contributed by atoms with van der Waals surface area (Å²) in [7, 11) is 0. The Morgan fingerprint density at radius 2 is 1.83 bits per heavy atom. The average Bonchev–Trinajstić information content (AvgIpc) is 2.69. The number of anilines is 1. The molecule has 1 aromatic heterocycles. The van der Waals surface area contributed by atoms with Gasteiger partial charge in [0, 0.05) is 44.3 Å². The summed E-state index contributed by atoms with van der Waals surface area (Å²) >= 11 is 5.84. The van der Waals surface area contributed by atoms with E-state index in [1.807, 2.05) is 17.0 Å². The minimum atomic E-state index is -0.388. The summed E-state index contributed by atoms with van der Waals surface area (Å²) in [4.78, 5) is 31.5. The lowest BCUT2D eigenvalue weighted by atomic mass is 10.1. The number of nitrogens with one attached hydrogen (secondary N) is 1. The molecule has 2 aromatic carbocycles. The number of rotatable bonds is 4. The van der Waals surface area contributed by atoms with Gasteiger partial charge in [-0.05, 0) is 42.8 Å². The van der Waals surface area contributed by atoms with Crippen LogP contribution >= 0.6 is 11.6 Å². The summed E-state index contributed by atoms with van der Waals surface area (Å²) in [6, 6.07) is 10.3. The van der Waals surface area contributed by atoms with Crippen molar-refractivity contribution >= 4 is 28.2 Å². The Hall–Kier alpha value is -2.64. The van der Waals surface area contributed by atoms with E-state index < -0.39 is 0 Å². The minimum Gasteiger partial charge on any atom is -0.367 e. The third-order valence-electron chi connectivity index (χ3n) is 5.39. The smallest absolute Gasteiger partial charge is 0.328 e. The number of benzene rings is 2. The van der Waals surface area contributed by atoms with Crippen LogP contribution in [0.15, 0.2) is 46.0 Å². The van der Waals surface area contributed by atoms with Crippen LogP contribution in [0.2, 0.25) is 5.02 Å². The van der Waals surface area contributed by atoms with Crippen LogP contribution in [0.25, 0.3) is 10.9 Å². The molecule has 0 saturated carbocycles. The van der Waals surface area contributed by atoms with Crippen LogP contribution in [-0.2, 0) is 13.1 Å². The second-order valence-electron chi connectivity index (χ2n) is 7.22. The van der Waals surface area contributed by atoms with E-state index in [0.29, 0.717) is 47.8 Å². The number of nitrogens with zero attached hydrogens (tertiary/aromatic N) is 3. The Morgan fingerprint density at radius 1 is 1.07 bits per heavy atom. The lowest BCUT2D eigenvalue weighted by Crippen LogP contribution is -2.46. The highest BCUT2D eigenvalue weighted by molar-refractivity contribution is 6.30. The van der Waals surface area contributed by atoms with E-state index in [1.54, 1.807) is 25.1 Å². The van der Waals surface area contributed by atoms with Gasteiger partial charge in [-0.15, -0.1) is 0 Å². The van der Waals surface area contributed by atoms with Gasteiger partial charge in [-0.2, -0.15) is 0 Å². The Bertz CT molecular complexity index is 1170. The standard InChI is InChI=1S/C21H22ClFN4O2/c1-2-27-20(28)16-5-3-14(11-18(16)24-21(27)29)13-25-7-9-26(10-8-25)19-6-4-15(22)12-17(19)23/h3-6,11-12H,2,7-10,13H2,1H3,(H,24,29). The Balaban J connectivity index is 1.47. The maximum atomic E-state index is 14.2. The molecule has 0 atom stereocenters. The highest BCUT2D eigenvalue weighted by Gasteiger charge is 2.20. The molecule has 152 valence electrons. The number of aromatic nitrogens is 2. The first-order valence-electron chi connectivity index (χ1n) is 9.64. The van der Waals surface area contributed by atoms with Crippen LogP contribution in [0.1, 0.15) is 12.5 Å². The van der Waals surface area contributed by atoms with Crippen LogP contribution in [0.4, 0.5) is 10.1 Å². The van der Waals surface area contributed by atoms with Crippen molar-refractivity contribution in [2.75, 3.05) is 31.1 Å². The van der Waals surface area contributed by atoms with E-state index >= 15 is 0 Å². The van der Waals surface area contributed by atoms with Crippen molar-refractivity contribution in [3.8, 4) is 0 Å². The number of aromatic amines is 1. The molecule has 0 unspecified atom stereocenters. The molecule has 1 aliphatic heterocycles. The quantitative estimate of drug-likeness (QED) is 0.710. The van der Waals surface area contributed by atoms with Gasteiger partial charge in [-0.25, -0.2) is 9.18 Å². The summed E-state index contributed by atoms with van der Waals surface area (Å²) in [6.07, 6.45) is 0. The monoisotopic (exact) mass is 416 g/mol. The summed E-state index contributed by atoms with van der Waals surface area (Å²) < 4.78 is 15.3. The zero-order valence-corrected chi connectivity index (χ0v) is 16.9. The number of halogens is 2. The SMILES string of the molecule is CCn1c(=O)[nH]c2cc(CN3CCN(c4ccc(Cl)cc4F)CC3)ccc2c1=O. The fraction of sp³-hybridized carbons (Fsp3) is 0.333. The van der Waals surface area contributed by atoms with Crippen molar-refractivity contribution in [1.82, 2.24) is 14.5 Å². The number of fused-ring (bicyclic) bond motifs is 1. The normalized spacial score (nSPS) is 15.2. The lowest BCUT2D eigenvalue weighted by molar-refractivity contribution is 0.249. The number of H-pyrrole nitrogens is 1. The molecule has 0 aliphatic carbocycles. The fourth-order valence-corrected chi connectivity index (χ4v) is 3.99. The van der Waals surface area contributed by atoms with Crippen LogP contribution in [0, 0.1) is 5.82 Å². The first-order chi connectivity index (χ1) is 14.0. The molecule has 1 fully saturated rings. The summed E-state index contributed by atoms with van der Waals surface area (Å²) in [5.41, 5.74) is 1.50. The third kappa shape index (κ3) is 3.93. The molecule has 0 bridgehead atoms. The second kappa shape index (κ2) is 8.00. The maximum absolute atomic E-state index is 14.2. The first kappa shape index (κ1) is 19.7. The van der Waals surface area contributed by atoms with Gasteiger partial charge in [0.25, 0.3) is 5.56 Å². The molecule has 4 rings (SSSR count). The van der Waals surface area contributed by atoms with Crippen molar-refractivity contribution in [1.29, 1.82) is 0 Å². The van der Waals surface area contributed by atoms with Crippen molar-refractivity contribution in [3.63, 3.8) is 0 Å². The van der Waals surface area contributed by atoms with Crippen molar-refractivity contribution in [3.05, 3.63) is 73.6 Å². The van der Waals surface area contributed by atoms with Gasteiger partial charge in [0.1, 0.15) is 5.82 Å². The van der Waals surface area contributed by atoms with Crippen LogP contribution in [-0.4, -0.2) is 40.6 Å². The lowest BCUT2D eigenvalue weighted by Gasteiger charge is -2.36. The molecule has 2 heterocycles. The molecule has 0 spiro atoms. The molecule has 29 heavy (non-hydrogen) atoms. The molecule has 3 aromatic rings. The maximum Gasteiger partial charge on any atom is 0.328 e. The predicted molar refractivity (Wildman–Crippen MR) is 113 cm³/mol. The highest BCUT2D eigenvalue weighted by Crippen LogP contribution is 2.24. The molecule has 1 saturated heterocycles. The highest BCUT2D eigenvalue weighted by atomic mass is 35.5. The number of hydrogen-bond donors (Lipinski definition) is 1. The summed E-state index contributed by atoms with van der Waals surface area (Å²) in [5, 5.41) is 0.906. The zero-order chi connectivity index (χ0) is 20.5. The van der Waals surface area contributed by atoms with Gasteiger partial charge in [0.15, 0.2) is 0 Å². The van der Waals surface area contributed by atoms with Crippen molar-refractivity contribution < 1.29 is 4.39 Å². The molecular formula is C21H22ClFN4O2. The molecule has 1 N–H and O–H groups in total. The molecular weight excluding hydrogens is 395 g/mol. The van der Waals surface area contributed by atoms with Gasteiger partial charge < -0.3 is 9.88 Å². The molecule has 0 radical (unpaired) electrons. The van der Waals surface area contributed by atoms with Gasteiger partial charge in [-0.1, -0.05) is 17.7 Å². The molecule has 0 amide bonds. The second-order valence-corrected chi connectivity index (χ2v) is 7.65. The molecule has 6 nitrogen and oxygen atoms in total. The van der Waals surface area contributed by atoms with E-state index in [1.165, 1.54) is 10.6 Å². The van der Waals surface area contributed by atoms with Crippen LogP contribution in [0.5, 0.6) is 0 Å². The number of piperazine rings is 1. The Labute approximate surface area is 172 Å². The van der Waals surface area contributed by atoms with Gasteiger partial charge in [0.2, 0.25) is 0 Å². The minimum absolute atomic E-state index is 0.267. The van der Waals surface area contributed by atoms with Crippen molar-refractivity contribution in [2.45, 2.75) is 20.0 Å². The fourth-order valence-electron chi connectivity index (χ4n) is 3.83. The topological polar surface area (TPSA) is 61.3 Å². The molecule has 1 aliphatic rings. The van der Waals surface area contributed by atoms with Gasteiger partial charge >= 0.3 is 5.69 Å². The van der Waals surface area contributed by atoms with Gasteiger partial charge in [-0.3, -0.25) is 14.3 Å². The largest absolute Gasteiger partial charge is 0.367 e. The summed E-state index contributed by atoms with van der Waals surface area (Å²) in [5.74, 6) is -0.304. The Morgan fingerprint density at radius 3 is 2.52 bits per heavy atom. The summed E-state index contributed by atoms with van der Waals surface area (Å²) in [6.45, 7) is 5.80. The van der Waals surface area contributed by atoms with Crippen molar-refractivity contribution in [2.24, 2.45) is 0 Å². The van der Waals surface area contributed by atoms with E-state index in [-0.39, 0.29) is 17.1 Å². The first-order valence-corrected chi connectivity index (χ1v) is 10.0. The average molecular weight is 417 g/mol. The van der Waals surface area contributed by atoms with Crippen LogP contribution < -0.4 is 16.1 Å². The molecule has 8 heteroatoms. The van der Waals surface area contributed by atoms with Crippen LogP contribution in [0.3, 0.4) is 0 Å². The number of hydrogen-bond acceptors (Lipinski definition) is 4.